The fourth-order valence-corrected chi connectivity index (χ4v) is 6.31. The first-order chi connectivity index (χ1) is 28.2. The van der Waals surface area contributed by atoms with Crippen LogP contribution in [0, 0.1) is 18.8 Å². The van der Waals surface area contributed by atoms with Crippen molar-refractivity contribution in [2.45, 2.75) is 51.9 Å². The number of aromatic nitrogens is 2. The Bertz CT molecular complexity index is 2100. The van der Waals surface area contributed by atoms with E-state index in [1.54, 1.807) is 31.0 Å². The number of carbonyl (C=O) groups is 2. The van der Waals surface area contributed by atoms with Crippen molar-refractivity contribution >= 4 is 11.8 Å². The number of amides is 2. The summed E-state index contributed by atoms with van der Waals surface area (Å²) in [6.07, 6.45) is -12.9. The maximum absolute atomic E-state index is 12.9. The molecule has 4 aromatic rings. The van der Waals surface area contributed by atoms with Gasteiger partial charge in [0, 0.05) is 71.2 Å². The fraction of sp³-hybridized carbons (Fsp3) is 0.400. The molecule has 2 fully saturated rings. The Hall–Kier alpha value is -5.63. The van der Waals surface area contributed by atoms with Crippen molar-refractivity contribution in [2.75, 3.05) is 40.3 Å². The molecule has 2 N–H and O–H groups in total. The fourth-order valence-electron chi connectivity index (χ4n) is 6.31. The van der Waals surface area contributed by atoms with Crippen LogP contribution in [0.15, 0.2) is 72.9 Å². The summed E-state index contributed by atoms with van der Waals surface area (Å²) in [5, 5.41) is 5.16. The lowest BCUT2D eigenvalue weighted by atomic mass is 9.98. The van der Waals surface area contributed by atoms with E-state index in [-0.39, 0.29) is 60.4 Å². The second-order valence-corrected chi connectivity index (χ2v) is 14.0. The van der Waals surface area contributed by atoms with Gasteiger partial charge in [-0.15, -0.1) is 13.2 Å². The summed E-state index contributed by atoms with van der Waals surface area (Å²) in [4.78, 5) is 35.3. The summed E-state index contributed by atoms with van der Waals surface area (Å²) in [6.45, 7) is 4.41. The second kappa shape index (κ2) is 19.2. The first-order valence-corrected chi connectivity index (χ1v) is 18.4. The standard InChI is InChI=1S/C20H19F6N3O3.C20H22F3N3O2/c1-27-18(30)13-9-29(10-13)8-12-2-3-16(7-17(12)32-20(24,25)26)31-11-15-6-14(4-5-28-15)19(21,22)23;1-13-18(28-12-14-4-3-5-16(8-14)20(21,22)23)7-6-17(25-13)11-26-9-15(10-26)19(27)24-2/h2-7,13H,8-11H2,1H3,(H,27,30);3-8,15H,9-12H2,1-2H3,(H,24,27). The van der Waals surface area contributed by atoms with Crippen LogP contribution in [0.5, 0.6) is 17.2 Å². The van der Waals surface area contributed by atoms with Gasteiger partial charge in [0.15, 0.2) is 0 Å². The minimum Gasteiger partial charge on any atom is -0.487 e. The van der Waals surface area contributed by atoms with E-state index >= 15 is 0 Å². The summed E-state index contributed by atoms with van der Waals surface area (Å²) in [6, 6.07) is 14.1. The number of aryl methyl sites for hydroxylation is 1. The lowest BCUT2D eigenvalue weighted by Gasteiger charge is -2.38. The van der Waals surface area contributed by atoms with E-state index in [1.807, 2.05) is 6.07 Å². The number of halogens is 9. The van der Waals surface area contributed by atoms with Gasteiger partial charge in [0.05, 0.1) is 40.0 Å². The number of nitrogens with one attached hydrogen (secondary N) is 2. The molecule has 0 bridgehead atoms. The lowest BCUT2D eigenvalue weighted by Crippen LogP contribution is -2.52. The van der Waals surface area contributed by atoms with Gasteiger partial charge in [-0.25, -0.2) is 0 Å². The van der Waals surface area contributed by atoms with Gasteiger partial charge in [-0.05, 0) is 55.0 Å². The smallest absolute Gasteiger partial charge is 0.487 e. The summed E-state index contributed by atoms with van der Waals surface area (Å²) in [7, 11) is 3.14. The number of hydrogen-bond acceptors (Lipinski definition) is 9. The summed E-state index contributed by atoms with van der Waals surface area (Å²) < 4.78 is 130. The largest absolute Gasteiger partial charge is 0.573 e. The number of hydrogen-bond donors (Lipinski definition) is 2. The molecule has 6 rings (SSSR count). The van der Waals surface area contributed by atoms with Gasteiger partial charge >= 0.3 is 18.7 Å². The van der Waals surface area contributed by atoms with Crippen molar-refractivity contribution in [1.29, 1.82) is 0 Å². The molecule has 0 aliphatic carbocycles. The summed E-state index contributed by atoms with van der Waals surface area (Å²) >= 11 is 0. The van der Waals surface area contributed by atoms with Crippen molar-refractivity contribution < 1.29 is 63.3 Å². The monoisotopic (exact) mass is 856 g/mol. The number of pyridine rings is 2. The van der Waals surface area contributed by atoms with Crippen LogP contribution < -0.4 is 24.8 Å². The number of benzene rings is 2. The minimum absolute atomic E-state index is 0.0286. The molecule has 2 aliphatic rings. The Morgan fingerprint density at radius 1 is 0.700 bits per heavy atom. The molecule has 60 heavy (non-hydrogen) atoms. The van der Waals surface area contributed by atoms with E-state index in [4.69, 9.17) is 9.47 Å². The third kappa shape index (κ3) is 12.9. The molecule has 11 nitrogen and oxygen atoms in total. The maximum atomic E-state index is 12.9. The highest BCUT2D eigenvalue weighted by Crippen LogP contribution is 2.34. The molecule has 4 heterocycles. The van der Waals surface area contributed by atoms with Crippen LogP contribution in [-0.4, -0.2) is 78.2 Å². The van der Waals surface area contributed by atoms with Crippen molar-refractivity contribution in [3.05, 3.63) is 112 Å². The topological polar surface area (TPSA) is 118 Å². The molecule has 0 saturated carbocycles. The first-order valence-electron chi connectivity index (χ1n) is 18.4. The van der Waals surface area contributed by atoms with Gasteiger partial charge in [0.2, 0.25) is 11.8 Å². The zero-order valence-electron chi connectivity index (χ0n) is 32.5. The van der Waals surface area contributed by atoms with E-state index in [2.05, 4.69) is 30.2 Å². The maximum Gasteiger partial charge on any atom is 0.573 e. The van der Waals surface area contributed by atoms with Gasteiger partial charge in [-0.2, -0.15) is 26.3 Å². The molecular weight excluding hydrogens is 815 g/mol. The molecule has 2 aromatic heterocycles. The molecule has 2 saturated heterocycles. The number of likely N-dealkylation sites (tertiary alicyclic amines) is 2. The van der Waals surface area contributed by atoms with Crippen molar-refractivity contribution in [3.8, 4) is 17.2 Å². The Labute approximate surface area is 338 Å². The molecule has 20 heteroatoms. The highest BCUT2D eigenvalue weighted by Gasteiger charge is 2.36. The molecular formula is C40H41F9N6O5. The first kappa shape index (κ1) is 45.5. The average Bonchev–Trinajstić information content (AvgIpc) is 3.15. The average molecular weight is 857 g/mol. The van der Waals surface area contributed by atoms with Crippen molar-refractivity contribution in [2.24, 2.45) is 11.8 Å². The Kier molecular flexibility index (Phi) is 14.5. The van der Waals surface area contributed by atoms with Gasteiger partial charge in [-0.3, -0.25) is 29.4 Å². The lowest BCUT2D eigenvalue weighted by molar-refractivity contribution is -0.275. The molecule has 0 radical (unpaired) electrons. The van der Waals surface area contributed by atoms with E-state index < -0.39 is 35.6 Å². The molecule has 324 valence electrons. The third-order valence-corrected chi connectivity index (χ3v) is 9.47. The minimum atomic E-state index is -4.95. The van der Waals surface area contributed by atoms with Crippen LogP contribution in [0.3, 0.4) is 0 Å². The van der Waals surface area contributed by atoms with E-state index in [9.17, 15) is 49.1 Å². The predicted molar refractivity (Wildman–Crippen MR) is 197 cm³/mol. The second-order valence-electron chi connectivity index (χ2n) is 14.0. The van der Waals surface area contributed by atoms with Crippen LogP contribution >= 0.6 is 0 Å². The van der Waals surface area contributed by atoms with Crippen LogP contribution in [0.25, 0.3) is 0 Å². The summed E-state index contributed by atoms with van der Waals surface area (Å²) in [5.74, 6) is -0.267. The van der Waals surface area contributed by atoms with Crippen molar-refractivity contribution in [3.63, 3.8) is 0 Å². The molecule has 0 atom stereocenters. The number of ether oxygens (including phenoxy) is 3. The van der Waals surface area contributed by atoms with Crippen LogP contribution in [-0.2, 0) is 48.2 Å². The van der Waals surface area contributed by atoms with Crippen LogP contribution in [0.2, 0.25) is 0 Å². The highest BCUT2D eigenvalue weighted by molar-refractivity contribution is 5.80. The molecule has 0 spiro atoms. The zero-order chi connectivity index (χ0) is 43.8. The molecule has 2 aliphatic heterocycles. The molecule has 2 aromatic carbocycles. The number of alkyl halides is 9. The van der Waals surface area contributed by atoms with E-state index in [0.29, 0.717) is 49.7 Å². The van der Waals surface area contributed by atoms with Gasteiger partial charge in [0.25, 0.3) is 0 Å². The van der Waals surface area contributed by atoms with Gasteiger partial charge < -0.3 is 24.8 Å². The van der Waals surface area contributed by atoms with Crippen molar-refractivity contribution in [1.82, 2.24) is 30.4 Å². The number of carbonyl (C=O) groups excluding carboxylic acids is 2. The Balaban J connectivity index is 0.000000230. The number of rotatable bonds is 13. The highest BCUT2D eigenvalue weighted by atomic mass is 19.4. The molecule has 0 unspecified atom stereocenters. The van der Waals surface area contributed by atoms with Crippen LogP contribution in [0.1, 0.15) is 39.3 Å². The van der Waals surface area contributed by atoms with Gasteiger partial charge in [0.1, 0.15) is 30.5 Å². The predicted octanol–water partition coefficient (Wildman–Crippen LogP) is 6.92. The Morgan fingerprint density at radius 3 is 1.90 bits per heavy atom. The normalized spacial score (nSPS) is 15.2. The van der Waals surface area contributed by atoms with E-state index in [1.165, 1.54) is 25.2 Å². The van der Waals surface area contributed by atoms with Crippen LogP contribution in [0.4, 0.5) is 39.5 Å². The Morgan fingerprint density at radius 2 is 1.32 bits per heavy atom. The summed E-state index contributed by atoms with van der Waals surface area (Å²) in [5.41, 5.74) is 0.562. The van der Waals surface area contributed by atoms with Gasteiger partial charge in [-0.1, -0.05) is 18.2 Å². The number of nitrogens with zero attached hydrogens (tertiary/aromatic N) is 4. The molecule has 2 amide bonds. The SMILES string of the molecule is CNC(=O)C1CN(Cc2ccc(OCc3cc(C(F)(F)F)ccn3)cc2OC(F)(F)F)C1.CNC(=O)C1CN(Cc2ccc(OCc3cccc(C(F)(F)F)c3)c(C)n2)C1. The van der Waals surface area contributed by atoms with E-state index in [0.717, 1.165) is 42.2 Å². The third-order valence-electron chi connectivity index (χ3n) is 9.47. The quantitative estimate of drug-likeness (QED) is 0.138. The zero-order valence-corrected chi connectivity index (χ0v) is 32.5.